The van der Waals surface area contributed by atoms with Gasteiger partial charge < -0.3 is 0 Å². The van der Waals surface area contributed by atoms with Crippen LogP contribution >= 0.6 is 11.3 Å². The first-order chi connectivity index (χ1) is 14.0. The number of imide groups is 1. The smallest absolute Gasteiger partial charge is 0.268 e. The molecule has 5 rings (SSSR count). The molecule has 2 amide bonds. The molecule has 0 aliphatic carbocycles. The van der Waals surface area contributed by atoms with Crippen LogP contribution in [-0.2, 0) is 0 Å². The van der Waals surface area contributed by atoms with Gasteiger partial charge in [0.15, 0.2) is 0 Å². The molecule has 1 aliphatic heterocycles. The normalized spacial score (nSPS) is 13.2. The third-order valence-corrected chi connectivity index (χ3v) is 5.81. The summed E-state index contributed by atoms with van der Waals surface area (Å²) in [6, 6.07) is 18.5. The highest BCUT2D eigenvalue weighted by molar-refractivity contribution is 7.21. The second-order valence-electron chi connectivity index (χ2n) is 6.47. The number of aromatic nitrogens is 1. The van der Waals surface area contributed by atoms with Gasteiger partial charge in [-0.25, -0.2) is 9.88 Å². The lowest BCUT2D eigenvalue weighted by Crippen LogP contribution is -2.29. The number of hydrogen-bond acceptors (Lipinski definition) is 6. The predicted octanol–water partition coefficient (Wildman–Crippen LogP) is 4.67. The molecule has 0 atom stereocenters. The van der Waals surface area contributed by atoms with Gasteiger partial charge in [-0.2, -0.15) is 0 Å². The SMILES string of the molecule is O=C1c2ccc([N+](=O)[O-])cc2C(=O)N1c1cccc(-c2nc3ccccc3s2)c1. The molecule has 3 aromatic carbocycles. The van der Waals surface area contributed by atoms with Gasteiger partial charge in [0.25, 0.3) is 17.5 Å². The molecule has 140 valence electrons. The third kappa shape index (κ3) is 2.69. The summed E-state index contributed by atoms with van der Waals surface area (Å²) in [5, 5.41) is 11.8. The average molecular weight is 401 g/mol. The Balaban J connectivity index is 1.56. The van der Waals surface area contributed by atoms with Gasteiger partial charge in [-0.3, -0.25) is 19.7 Å². The van der Waals surface area contributed by atoms with Crippen molar-refractivity contribution in [1.29, 1.82) is 0 Å². The Hall–Kier alpha value is -3.91. The number of carbonyl (C=O) groups excluding carboxylic acids is 2. The van der Waals surface area contributed by atoms with Crippen molar-refractivity contribution in [2.24, 2.45) is 0 Å². The molecule has 4 aromatic rings. The maximum Gasteiger partial charge on any atom is 0.270 e. The van der Waals surface area contributed by atoms with Crippen LogP contribution in [-0.4, -0.2) is 21.7 Å². The summed E-state index contributed by atoms with van der Waals surface area (Å²) in [7, 11) is 0. The summed E-state index contributed by atoms with van der Waals surface area (Å²) in [5.41, 5.74) is 2.03. The number of nitro groups is 1. The van der Waals surface area contributed by atoms with Crippen LogP contribution in [0.25, 0.3) is 20.8 Å². The van der Waals surface area contributed by atoms with Gasteiger partial charge in [0, 0.05) is 17.7 Å². The molecule has 8 heteroatoms. The number of hydrogen-bond donors (Lipinski definition) is 0. The van der Waals surface area contributed by atoms with Crippen molar-refractivity contribution >= 4 is 44.7 Å². The highest BCUT2D eigenvalue weighted by Crippen LogP contribution is 2.35. The number of benzene rings is 3. The Morgan fingerprint density at radius 2 is 1.69 bits per heavy atom. The molecule has 1 aliphatic rings. The number of amides is 2. The number of nitrogens with zero attached hydrogens (tertiary/aromatic N) is 3. The average Bonchev–Trinajstić information content (AvgIpc) is 3.27. The van der Waals surface area contributed by atoms with Crippen molar-refractivity contribution in [2.75, 3.05) is 4.90 Å². The fourth-order valence-electron chi connectivity index (χ4n) is 3.35. The van der Waals surface area contributed by atoms with Gasteiger partial charge in [-0.05, 0) is 30.3 Å². The van der Waals surface area contributed by atoms with E-state index in [9.17, 15) is 19.7 Å². The summed E-state index contributed by atoms with van der Waals surface area (Å²) in [6.07, 6.45) is 0. The van der Waals surface area contributed by atoms with Crippen LogP contribution < -0.4 is 4.90 Å². The predicted molar refractivity (Wildman–Crippen MR) is 109 cm³/mol. The topological polar surface area (TPSA) is 93.4 Å². The minimum absolute atomic E-state index is 0.0367. The molecule has 0 saturated carbocycles. The molecule has 0 saturated heterocycles. The van der Waals surface area contributed by atoms with Crippen LogP contribution in [0.15, 0.2) is 66.7 Å². The van der Waals surface area contributed by atoms with Crippen molar-refractivity contribution < 1.29 is 14.5 Å². The van der Waals surface area contributed by atoms with Crippen molar-refractivity contribution in [3.05, 3.63) is 88.0 Å². The number of nitro benzene ring substituents is 1. The van der Waals surface area contributed by atoms with Crippen molar-refractivity contribution in [2.45, 2.75) is 0 Å². The fraction of sp³-hybridized carbons (Fsp3) is 0. The fourth-order valence-corrected chi connectivity index (χ4v) is 4.31. The second kappa shape index (κ2) is 6.32. The Kier molecular flexibility index (Phi) is 3.75. The molecule has 0 fully saturated rings. The van der Waals surface area contributed by atoms with Gasteiger partial charge >= 0.3 is 0 Å². The zero-order chi connectivity index (χ0) is 20.1. The number of thiazole rings is 1. The molecule has 1 aromatic heterocycles. The number of fused-ring (bicyclic) bond motifs is 2. The Bertz CT molecular complexity index is 1310. The molecular formula is C21H11N3O4S. The van der Waals surface area contributed by atoms with Gasteiger partial charge in [0.05, 0.1) is 32.0 Å². The van der Waals surface area contributed by atoms with E-state index in [1.54, 1.807) is 18.2 Å². The summed E-state index contributed by atoms with van der Waals surface area (Å²) < 4.78 is 1.04. The lowest BCUT2D eigenvalue weighted by molar-refractivity contribution is -0.384. The third-order valence-electron chi connectivity index (χ3n) is 4.73. The van der Waals surface area contributed by atoms with E-state index in [4.69, 9.17) is 0 Å². The second-order valence-corrected chi connectivity index (χ2v) is 7.50. The van der Waals surface area contributed by atoms with Crippen LogP contribution in [0.4, 0.5) is 11.4 Å². The van der Waals surface area contributed by atoms with E-state index in [2.05, 4.69) is 4.98 Å². The molecule has 0 N–H and O–H groups in total. The van der Waals surface area contributed by atoms with Gasteiger partial charge in [0.1, 0.15) is 5.01 Å². The van der Waals surface area contributed by atoms with E-state index in [1.165, 1.54) is 23.5 Å². The Labute approximate surface area is 168 Å². The number of non-ortho nitro benzene ring substituents is 1. The summed E-state index contributed by atoms with van der Waals surface area (Å²) >= 11 is 1.52. The Morgan fingerprint density at radius 3 is 2.48 bits per heavy atom. The first kappa shape index (κ1) is 17.2. The van der Waals surface area contributed by atoms with E-state index in [1.807, 2.05) is 30.3 Å². The van der Waals surface area contributed by atoms with Crippen LogP contribution in [0.2, 0.25) is 0 Å². The first-order valence-corrected chi connectivity index (χ1v) is 9.48. The zero-order valence-electron chi connectivity index (χ0n) is 14.7. The standard InChI is InChI=1S/C21H11N3O4S/c25-20-15-9-8-14(24(27)28)11-16(15)21(26)23(20)13-5-3-4-12(10-13)19-22-17-6-1-2-7-18(17)29-19/h1-11H. The minimum atomic E-state index is -0.589. The highest BCUT2D eigenvalue weighted by Gasteiger charge is 2.38. The number of anilines is 1. The lowest BCUT2D eigenvalue weighted by atomic mass is 10.1. The van der Waals surface area contributed by atoms with E-state index in [-0.39, 0.29) is 16.8 Å². The molecule has 7 nitrogen and oxygen atoms in total. The van der Waals surface area contributed by atoms with Crippen molar-refractivity contribution in [3.63, 3.8) is 0 Å². The van der Waals surface area contributed by atoms with Crippen molar-refractivity contribution in [3.8, 4) is 10.6 Å². The monoisotopic (exact) mass is 401 g/mol. The van der Waals surface area contributed by atoms with Crippen LogP contribution in [0.5, 0.6) is 0 Å². The maximum atomic E-state index is 12.8. The molecule has 2 heterocycles. The number of carbonyl (C=O) groups is 2. The van der Waals surface area contributed by atoms with Crippen LogP contribution in [0.3, 0.4) is 0 Å². The maximum absolute atomic E-state index is 12.8. The Morgan fingerprint density at radius 1 is 0.897 bits per heavy atom. The minimum Gasteiger partial charge on any atom is -0.268 e. The molecule has 29 heavy (non-hydrogen) atoms. The quantitative estimate of drug-likeness (QED) is 0.282. The molecule has 0 spiro atoms. The van der Waals surface area contributed by atoms with E-state index in [0.29, 0.717) is 5.69 Å². The van der Waals surface area contributed by atoms with E-state index >= 15 is 0 Å². The molecule has 0 bridgehead atoms. The van der Waals surface area contributed by atoms with Gasteiger partial charge in [-0.15, -0.1) is 11.3 Å². The van der Waals surface area contributed by atoms with Crippen molar-refractivity contribution in [1.82, 2.24) is 4.98 Å². The van der Waals surface area contributed by atoms with Crippen LogP contribution in [0, 0.1) is 10.1 Å². The lowest BCUT2D eigenvalue weighted by Gasteiger charge is -2.14. The van der Waals surface area contributed by atoms with Gasteiger partial charge in [0.2, 0.25) is 0 Å². The molecule has 0 radical (unpaired) electrons. The van der Waals surface area contributed by atoms with E-state index < -0.39 is 16.7 Å². The van der Waals surface area contributed by atoms with E-state index in [0.717, 1.165) is 31.8 Å². The summed E-state index contributed by atoms with van der Waals surface area (Å²) in [4.78, 5) is 41.7. The highest BCUT2D eigenvalue weighted by atomic mass is 32.1. The number of rotatable bonds is 3. The summed E-state index contributed by atoms with van der Waals surface area (Å²) in [6.45, 7) is 0. The van der Waals surface area contributed by atoms with Crippen LogP contribution in [0.1, 0.15) is 20.7 Å². The molecular weight excluding hydrogens is 390 g/mol. The molecule has 0 unspecified atom stereocenters. The van der Waals surface area contributed by atoms with Gasteiger partial charge in [-0.1, -0.05) is 24.3 Å². The largest absolute Gasteiger partial charge is 0.270 e. The zero-order valence-corrected chi connectivity index (χ0v) is 15.6. The first-order valence-electron chi connectivity index (χ1n) is 8.66. The number of para-hydroxylation sites is 1. The summed E-state index contributed by atoms with van der Waals surface area (Å²) in [5.74, 6) is -1.07.